The van der Waals surface area contributed by atoms with E-state index < -0.39 is 0 Å². The van der Waals surface area contributed by atoms with E-state index in [4.69, 9.17) is 0 Å². The molecule has 1 heterocycles. The van der Waals surface area contributed by atoms with Crippen molar-refractivity contribution in [2.75, 3.05) is 0 Å². The molecule has 0 radical (unpaired) electrons. The molecule has 1 aliphatic heterocycles. The summed E-state index contributed by atoms with van der Waals surface area (Å²) in [5.41, 5.74) is 0.452. The Morgan fingerprint density at radius 1 is 1.00 bits per heavy atom. The summed E-state index contributed by atoms with van der Waals surface area (Å²) in [5.74, 6) is 1.01. The van der Waals surface area contributed by atoms with Gasteiger partial charge in [0.25, 0.3) is 0 Å². The van der Waals surface area contributed by atoms with E-state index in [0.717, 1.165) is 18.0 Å². The number of piperidine rings is 1. The highest BCUT2D eigenvalue weighted by Crippen LogP contribution is 2.37. The van der Waals surface area contributed by atoms with Gasteiger partial charge in [-0.15, -0.1) is 0 Å². The van der Waals surface area contributed by atoms with Crippen LogP contribution < -0.4 is 5.32 Å². The van der Waals surface area contributed by atoms with E-state index in [0.29, 0.717) is 5.41 Å². The van der Waals surface area contributed by atoms with Gasteiger partial charge in [0.15, 0.2) is 0 Å². The van der Waals surface area contributed by atoms with Crippen molar-refractivity contribution in [3.05, 3.63) is 0 Å². The van der Waals surface area contributed by atoms with Crippen LogP contribution in [0.4, 0.5) is 0 Å². The first-order chi connectivity index (χ1) is 6.07. The van der Waals surface area contributed by atoms with Gasteiger partial charge in [-0.25, -0.2) is 0 Å². The fourth-order valence-corrected chi connectivity index (χ4v) is 3.01. The summed E-state index contributed by atoms with van der Waals surface area (Å²) in [7, 11) is 0. The molecule has 2 aliphatic rings. The van der Waals surface area contributed by atoms with Gasteiger partial charge >= 0.3 is 0 Å². The summed E-state index contributed by atoms with van der Waals surface area (Å²) < 4.78 is 0. The first kappa shape index (κ1) is 9.51. The van der Waals surface area contributed by atoms with Crippen LogP contribution in [0.5, 0.6) is 0 Å². The van der Waals surface area contributed by atoms with Gasteiger partial charge in [-0.1, -0.05) is 27.2 Å². The summed E-state index contributed by atoms with van der Waals surface area (Å²) in [6, 6.07) is 1.62. The maximum atomic E-state index is 3.86. The Morgan fingerprint density at radius 2 is 1.77 bits per heavy atom. The van der Waals surface area contributed by atoms with Gasteiger partial charge in [0, 0.05) is 12.1 Å². The van der Waals surface area contributed by atoms with Crippen molar-refractivity contribution >= 4 is 0 Å². The van der Waals surface area contributed by atoms with Crippen molar-refractivity contribution in [3.8, 4) is 0 Å². The lowest BCUT2D eigenvalue weighted by Crippen LogP contribution is -2.50. The van der Waals surface area contributed by atoms with Gasteiger partial charge in [-0.05, 0) is 37.0 Å². The molecule has 1 saturated heterocycles. The monoisotopic (exact) mass is 181 g/mol. The molecule has 76 valence electrons. The van der Waals surface area contributed by atoms with Gasteiger partial charge in [-0.3, -0.25) is 0 Å². The van der Waals surface area contributed by atoms with Crippen molar-refractivity contribution < 1.29 is 0 Å². The Morgan fingerprint density at radius 3 is 2.46 bits per heavy atom. The van der Waals surface area contributed by atoms with E-state index in [1.807, 2.05) is 0 Å². The third-order valence-corrected chi connectivity index (χ3v) is 3.95. The van der Waals surface area contributed by atoms with Gasteiger partial charge < -0.3 is 5.32 Å². The van der Waals surface area contributed by atoms with Gasteiger partial charge in [0.2, 0.25) is 0 Å². The van der Waals surface area contributed by atoms with E-state index in [-0.39, 0.29) is 0 Å². The summed E-state index contributed by atoms with van der Waals surface area (Å²) in [6.07, 6.45) is 7.23. The molecular weight excluding hydrogens is 158 g/mol. The Labute approximate surface area is 82.3 Å². The molecule has 1 heteroatoms. The van der Waals surface area contributed by atoms with E-state index in [2.05, 4.69) is 26.1 Å². The van der Waals surface area contributed by atoms with E-state index in [9.17, 15) is 0 Å². The normalized spacial score (nSPS) is 40.4. The van der Waals surface area contributed by atoms with E-state index >= 15 is 0 Å². The lowest BCUT2D eigenvalue weighted by molar-refractivity contribution is 0.164. The highest BCUT2D eigenvalue weighted by molar-refractivity contribution is 4.94. The topological polar surface area (TPSA) is 12.0 Å². The number of hydrogen-bond acceptors (Lipinski definition) is 1. The zero-order valence-corrected chi connectivity index (χ0v) is 9.27. The quantitative estimate of drug-likeness (QED) is 0.606. The van der Waals surface area contributed by atoms with E-state index in [1.165, 1.54) is 32.1 Å². The van der Waals surface area contributed by atoms with Crippen LogP contribution in [-0.2, 0) is 0 Å². The first-order valence-corrected chi connectivity index (χ1v) is 5.83. The average Bonchev–Trinajstić information content (AvgIpc) is 2.47. The zero-order valence-electron chi connectivity index (χ0n) is 9.27. The molecule has 0 aromatic heterocycles. The summed E-state index contributed by atoms with van der Waals surface area (Å²) in [6.45, 7) is 7.08. The minimum atomic E-state index is 0.452. The molecule has 0 bridgehead atoms. The fraction of sp³-hybridized carbons (Fsp3) is 1.00. The molecule has 2 rings (SSSR count). The zero-order chi connectivity index (χ0) is 9.47. The van der Waals surface area contributed by atoms with E-state index in [1.54, 1.807) is 0 Å². The predicted octanol–water partition coefficient (Wildman–Crippen LogP) is 2.95. The van der Waals surface area contributed by atoms with Crippen molar-refractivity contribution in [3.63, 3.8) is 0 Å². The third kappa shape index (κ3) is 1.90. The molecule has 1 aliphatic carbocycles. The predicted molar refractivity (Wildman–Crippen MR) is 56.7 cm³/mol. The van der Waals surface area contributed by atoms with Crippen molar-refractivity contribution in [2.45, 2.75) is 65.0 Å². The van der Waals surface area contributed by atoms with Crippen molar-refractivity contribution in [1.82, 2.24) is 5.32 Å². The highest BCUT2D eigenvalue weighted by Gasteiger charge is 2.37. The molecule has 2 fully saturated rings. The first-order valence-electron chi connectivity index (χ1n) is 5.83. The van der Waals surface area contributed by atoms with Crippen LogP contribution in [0.3, 0.4) is 0 Å². The Balaban J connectivity index is 1.97. The molecule has 13 heavy (non-hydrogen) atoms. The summed E-state index contributed by atoms with van der Waals surface area (Å²) in [4.78, 5) is 0. The molecular formula is C12H23N. The second-order valence-corrected chi connectivity index (χ2v) is 5.96. The average molecular weight is 181 g/mol. The molecule has 3 unspecified atom stereocenters. The molecule has 1 N–H and O–H groups in total. The van der Waals surface area contributed by atoms with Crippen LogP contribution in [0.15, 0.2) is 0 Å². The van der Waals surface area contributed by atoms with Crippen LogP contribution in [0.2, 0.25) is 0 Å². The standard InChI is InChI=1S/C12H23N/c1-12(2,3)11-8-7-9-5-4-6-10(9)13-11/h9-11,13H,4-8H2,1-3H3. The minimum absolute atomic E-state index is 0.452. The van der Waals surface area contributed by atoms with Crippen LogP contribution in [0.25, 0.3) is 0 Å². The van der Waals surface area contributed by atoms with Crippen molar-refractivity contribution in [2.24, 2.45) is 11.3 Å². The molecule has 0 aromatic carbocycles. The minimum Gasteiger partial charge on any atom is -0.310 e. The Bertz CT molecular complexity index is 180. The molecule has 0 amide bonds. The summed E-state index contributed by atoms with van der Waals surface area (Å²) >= 11 is 0. The smallest absolute Gasteiger partial charge is 0.0118 e. The molecule has 0 aromatic rings. The largest absolute Gasteiger partial charge is 0.310 e. The highest BCUT2D eigenvalue weighted by atomic mass is 15.0. The molecule has 0 spiro atoms. The fourth-order valence-electron chi connectivity index (χ4n) is 3.01. The van der Waals surface area contributed by atoms with Crippen molar-refractivity contribution in [1.29, 1.82) is 0 Å². The maximum absolute atomic E-state index is 3.86. The lowest BCUT2D eigenvalue weighted by Gasteiger charge is -2.40. The molecule has 1 nitrogen and oxygen atoms in total. The number of hydrogen-bond donors (Lipinski definition) is 1. The van der Waals surface area contributed by atoms with Gasteiger partial charge in [-0.2, -0.15) is 0 Å². The van der Waals surface area contributed by atoms with Crippen LogP contribution in [0, 0.1) is 11.3 Å². The lowest BCUT2D eigenvalue weighted by atomic mass is 9.78. The SMILES string of the molecule is CC(C)(C)C1CCC2CCCC2N1. The van der Waals surface area contributed by atoms with Crippen LogP contribution in [-0.4, -0.2) is 12.1 Å². The summed E-state index contributed by atoms with van der Waals surface area (Å²) in [5, 5.41) is 3.86. The number of nitrogens with one attached hydrogen (secondary N) is 1. The van der Waals surface area contributed by atoms with Crippen LogP contribution >= 0.6 is 0 Å². The number of fused-ring (bicyclic) bond motifs is 1. The van der Waals surface area contributed by atoms with Gasteiger partial charge in [0.05, 0.1) is 0 Å². The van der Waals surface area contributed by atoms with Gasteiger partial charge in [0.1, 0.15) is 0 Å². The maximum Gasteiger partial charge on any atom is 0.0118 e. The Hall–Kier alpha value is -0.0400. The second-order valence-electron chi connectivity index (χ2n) is 5.96. The number of rotatable bonds is 0. The molecule has 1 saturated carbocycles. The Kier molecular flexibility index (Phi) is 2.39. The van der Waals surface area contributed by atoms with Crippen LogP contribution in [0.1, 0.15) is 52.9 Å². The second kappa shape index (κ2) is 3.27. The third-order valence-electron chi connectivity index (χ3n) is 3.95. The molecule has 3 atom stereocenters.